The standard InChI is InChI=1S/C25H24F2N2O3/c26-20-9-10-22(23(27)12-20)18-6-4-5-17(11-18)14-29-16-25(28-24(29)32,13-21(31)15-30)19-7-2-1-3-8-19/h1-12,21,30-31H,13-16H2,(H,28,32). The molecule has 4 rings (SSSR count). The number of benzene rings is 3. The third-order valence-electron chi connectivity index (χ3n) is 5.76. The van der Waals surface area contributed by atoms with Crippen molar-refractivity contribution in [3.8, 4) is 11.1 Å². The van der Waals surface area contributed by atoms with Crippen LogP contribution in [0.4, 0.5) is 13.6 Å². The monoisotopic (exact) mass is 438 g/mol. The summed E-state index contributed by atoms with van der Waals surface area (Å²) < 4.78 is 27.5. The number of carbonyl (C=O) groups is 1. The van der Waals surface area contributed by atoms with Gasteiger partial charge >= 0.3 is 6.03 Å². The molecule has 1 heterocycles. The van der Waals surface area contributed by atoms with Crippen LogP contribution in [-0.4, -0.2) is 40.4 Å². The lowest BCUT2D eigenvalue weighted by molar-refractivity contribution is 0.0637. The summed E-state index contributed by atoms with van der Waals surface area (Å²) in [5, 5.41) is 22.5. The first-order chi connectivity index (χ1) is 15.4. The van der Waals surface area contributed by atoms with Gasteiger partial charge in [-0.2, -0.15) is 0 Å². The Morgan fingerprint density at radius 2 is 1.81 bits per heavy atom. The van der Waals surface area contributed by atoms with Gasteiger partial charge < -0.3 is 20.4 Å². The molecular formula is C25H24F2N2O3. The van der Waals surface area contributed by atoms with Crippen LogP contribution >= 0.6 is 0 Å². The molecule has 0 spiro atoms. The number of hydrogen-bond donors (Lipinski definition) is 3. The van der Waals surface area contributed by atoms with E-state index in [0.717, 1.165) is 17.2 Å². The quantitative estimate of drug-likeness (QED) is 0.526. The Balaban J connectivity index is 1.59. The highest BCUT2D eigenvalue weighted by Gasteiger charge is 2.44. The van der Waals surface area contributed by atoms with Gasteiger partial charge in [-0.05, 0) is 34.9 Å². The van der Waals surface area contributed by atoms with Gasteiger partial charge in [-0.25, -0.2) is 13.6 Å². The molecule has 2 amide bonds. The zero-order valence-corrected chi connectivity index (χ0v) is 17.3. The molecular weight excluding hydrogens is 414 g/mol. The van der Waals surface area contributed by atoms with Crippen molar-refractivity contribution in [1.82, 2.24) is 10.2 Å². The fourth-order valence-corrected chi connectivity index (χ4v) is 4.25. The van der Waals surface area contributed by atoms with E-state index in [1.54, 1.807) is 23.1 Å². The number of aliphatic hydroxyl groups is 2. The maximum Gasteiger partial charge on any atom is 0.318 e. The Morgan fingerprint density at radius 3 is 2.53 bits per heavy atom. The van der Waals surface area contributed by atoms with E-state index in [9.17, 15) is 23.8 Å². The molecule has 3 N–H and O–H groups in total. The molecule has 0 radical (unpaired) electrons. The Labute approximate surface area is 184 Å². The zero-order valence-electron chi connectivity index (χ0n) is 17.3. The summed E-state index contributed by atoms with van der Waals surface area (Å²) in [5.41, 5.74) is 1.65. The highest BCUT2D eigenvalue weighted by atomic mass is 19.1. The topological polar surface area (TPSA) is 72.8 Å². The van der Waals surface area contributed by atoms with Crippen molar-refractivity contribution in [3.63, 3.8) is 0 Å². The second-order valence-corrected chi connectivity index (χ2v) is 8.10. The van der Waals surface area contributed by atoms with Crippen LogP contribution in [0, 0.1) is 11.6 Å². The molecule has 0 aliphatic carbocycles. The van der Waals surface area contributed by atoms with Gasteiger partial charge in [0.05, 0.1) is 24.8 Å². The predicted molar refractivity (Wildman–Crippen MR) is 117 cm³/mol. The molecule has 3 aromatic rings. The summed E-state index contributed by atoms with van der Waals surface area (Å²) in [6, 6.07) is 19.6. The average Bonchev–Trinajstić information content (AvgIpc) is 3.10. The van der Waals surface area contributed by atoms with E-state index >= 15 is 0 Å². The molecule has 1 aliphatic heterocycles. The molecule has 0 aromatic heterocycles. The number of amides is 2. The normalized spacial score (nSPS) is 19.1. The molecule has 2 atom stereocenters. The Hall–Kier alpha value is -3.29. The minimum absolute atomic E-state index is 0.163. The van der Waals surface area contributed by atoms with E-state index in [1.165, 1.54) is 12.1 Å². The second-order valence-electron chi connectivity index (χ2n) is 8.10. The van der Waals surface area contributed by atoms with Crippen molar-refractivity contribution in [2.45, 2.75) is 24.6 Å². The lowest BCUT2D eigenvalue weighted by Crippen LogP contribution is -2.44. The summed E-state index contributed by atoms with van der Waals surface area (Å²) >= 11 is 0. The number of carbonyl (C=O) groups excluding carboxylic acids is 1. The number of aliphatic hydroxyl groups excluding tert-OH is 2. The van der Waals surface area contributed by atoms with Gasteiger partial charge in [0.1, 0.15) is 11.6 Å². The van der Waals surface area contributed by atoms with Gasteiger partial charge in [-0.15, -0.1) is 0 Å². The Kier molecular flexibility index (Phi) is 6.21. The van der Waals surface area contributed by atoms with Crippen molar-refractivity contribution < 1.29 is 23.8 Å². The molecule has 1 aliphatic rings. The number of rotatable bonds is 7. The van der Waals surface area contributed by atoms with Crippen LogP contribution in [0.2, 0.25) is 0 Å². The van der Waals surface area contributed by atoms with Crippen LogP contribution in [0.15, 0.2) is 72.8 Å². The molecule has 5 nitrogen and oxygen atoms in total. The number of nitrogens with one attached hydrogen (secondary N) is 1. The minimum atomic E-state index is -0.986. The first kappa shape index (κ1) is 21.9. The highest BCUT2D eigenvalue weighted by molar-refractivity contribution is 5.78. The molecule has 166 valence electrons. The predicted octanol–water partition coefficient (Wildman–Crippen LogP) is 3.80. The van der Waals surface area contributed by atoms with Gasteiger partial charge in [-0.3, -0.25) is 0 Å². The van der Waals surface area contributed by atoms with Gasteiger partial charge in [0.15, 0.2) is 0 Å². The minimum Gasteiger partial charge on any atom is -0.394 e. The maximum absolute atomic E-state index is 14.2. The van der Waals surface area contributed by atoms with Gasteiger partial charge in [0.25, 0.3) is 0 Å². The summed E-state index contributed by atoms with van der Waals surface area (Å²) in [6.45, 7) is 0.157. The second kappa shape index (κ2) is 9.06. The first-order valence-electron chi connectivity index (χ1n) is 10.4. The third kappa shape index (κ3) is 4.49. The van der Waals surface area contributed by atoms with Crippen LogP contribution in [0.1, 0.15) is 17.5 Å². The Morgan fingerprint density at radius 1 is 1.03 bits per heavy atom. The number of hydrogen-bond acceptors (Lipinski definition) is 3. The lowest BCUT2D eigenvalue weighted by Gasteiger charge is -2.31. The molecule has 0 bridgehead atoms. The van der Waals surface area contributed by atoms with Crippen molar-refractivity contribution in [2.75, 3.05) is 13.2 Å². The van der Waals surface area contributed by atoms with Crippen LogP contribution in [0.5, 0.6) is 0 Å². The van der Waals surface area contributed by atoms with E-state index in [-0.39, 0.29) is 24.6 Å². The molecule has 3 aromatic carbocycles. The fraction of sp³-hybridized carbons (Fsp3) is 0.240. The van der Waals surface area contributed by atoms with Gasteiger partial charge in [0, 0.05) is 24.6 Å². The molecule has 32 heavy (non-hydrogen) atoms. The smallest absolute Gasteiger partial charge is 0.318 e. The summed E-state index contributed by atoms with van der Waals surface area (Å²) in [4.78, 5) is 14.5. The van der Waals surface area contributed by atoms with E-state index in [0.29, 0.717) is 12.1 Å². The van der Waals surface area contributed by atoms with E-state index in [1.807, 2.05) is 36.4 Å². The molecule has 2 unspecified atom stereocenters. The van der Waals surface area contributed by atoms with E-state index in [4.69, 9.17) is 0 Å². The maximum atomic E-state index is 14.2. The van der Waals surface area contributed by atoms with Crippen molar-refractivity contribution in [3.05, 3.63) is 95.6 Å². The first-order valence-corrected chi connectivity index (χ1v) is 10.4. The highest BCUT2D eigenvalue weighted by Crippen LogP contribution is 2.33. The molecule has 1 saturated heterocycles. The van der Waals surface area contributed by atoms with Crippen LogP contribution in [-0.2, 0) is 12.1 Å². The van der Waals surface area contributed by atoms with Gasteiger partial charge in [-0.1, -0.05) is 48.5 Å². The third-order valence-corrected chi connectivity index (χ3v) is 5.76. The largest absolute Gasteiger partial charge is 0.394 e. The summed E-state index contributed by atoms with van der Waals surface area (Å²) in [7, 11) is 0. The SMILES string of the molecule is O=C1NC(CC(O)CO)(c2ccccc2)CN1Cc1cccc(-c2ccc(F)cc2F)c1. The van der Waals surface area contributed by atoms with Crippen LogP contribution in [0.25, 0.3) is 11.1 Å². The number of halogens is 2. The number of nitrogens with zero attached hydrogens (tertiary/aromatic N) is 1. The van der Waals surface area contributed by atoms with E-state index < -0.39 is 29.9 Å². The van der Waals surface area contributed by atoms with Gasteiger partial charge in [0.2, 0.25) is 0 Å². The van der Waals surface area contributed by atoms with Crippen molar-refractivity contribution in [1.29, 1.82) is 0 Å². The summed E-state index contributed by atoms with van der Waals surface area (Å²) in [6.07, 6.45) is -0.823. The van der Waals surface area contributed by atoms with Crippen molar-refractivity contribution >= 4 is 6.03 Å². The summed E-state index contributed by atoms with van der Waals surface area (Å²) in [5.74, 6) is -1.29. The lowest BCUT2D eigenvalue weighted by atomic mass is 9.85. The fourth-order valence-electron chi connectivity index (χ4n) is 4.25. The Bertz CT molecular complexity index is 1110. The van der Waals surface area contributed by atoms with E-state index in [2.05, 4.69) is 5.32 Å². The van der Waals surface area contributed by atoms with Crippen LogP contribution in [0.3, 0.4) is 0 Å². The molecule has 7 heteroatoms. The molecule has 0 saturated carbocycles. The van der Waals surface area contributed by atoms with Crippen molar-refractivity contribution in [2.24, 2.45) is 0 Å². The number of urea groups is 1. The molecule has 1 fully saturated rings. The van der Waals surface area contributed by atoms with Crippen LogP contribution < -0.4 is 5.32 Å². The zero-order chi connectivity index (χ0) is 22.7. The average molecular weight is 438 g/mol.